The number of benzene rings is 1. The highest BCUT2D eigenvalue weighted by atomic mass is 35.5. The average molecular weight is 366 g/mol. The Morgan fingerprint density at radius 1 is 1.25 bits per heavy atom. The zero-order valence-electron chi connectivity index (χ0n) is 12.5. The van der Waals surface area contributed by atoms with Gasteiger partial charge in [0.25, 0.3) is 0 Å². The van der Waals surface area contributed by atoms with E-state index in [1.54, 1.807) is 0 Å². The maximum absolute atomic E-state index is 10.8. The van der Waals surface area contributed by atoms with E-state index >= 15 is 0 Å². The number of rotatable bonds is 2. The van der Waals surface area contributed by atoms with Gasteiger partial charge < -0.3 is 20.3 Å². The van der Waals surface area contributed by atoms with E-state index in [9.17, 15) is 10.1 Å². The van der Waals surface area contributed by atoms with E-state index in [2.05, 4.69) is 15.3 Å². The SMILES string of the molecule is O=[N+]([O-])c1cnc(N2C[C@@]3(CCNC3)c3cc(Cl)c(Cl)cc32)cn1. The second kappa shape index (κ2) is 5.54. The molecule has 24 heavy (non-hydrogen) atoms. The highest BCUT2D eigenvalue weighted by molar-refractivity contribution is 6.42. The summed E-state index contributed by atoms with van der Waals surface area (Å²) < 4.78 is 0. The Bertz CT molecular complexity index is 821. The molecular weight excluding hydrogens is 353 g/mol. The van der Waals surface area contributed by atoms with E-state index in [1.165, 1.54) is 12.4 Å². The fourth-order valence-electron chi connectivity index (χ4n) is 3.52. The minimum atomic E-state index is -0.562. The lowest BCUT2D eigenvalue weighted by molar-refractivity contribution is -0.389. The molecule has 1 spiro atoms. The molecular formula is C15H13Cl2N5O2. The molecule has 0 unspecified atom stereocenters. The van der Waals surface area contributed by atoms with Crippen molar-refractivity contribution < 1.29 is 4.92 Å². The fraction of sp³-hybridized carbons (Fsp3) is 0.333. The maximum Gasteiger partial charge on any atom is 0.382 e. The molecule has 1 N–H and O–H groups in total. The van der Waals surface area contributed by atoms with E-state index in [0.29, 0.717) is 22.4 Å². The van der Waals surface area contributed by atoms with Crippen molar-refractivity contribution in [3.63, 3.8) is 0 Å². The number of fused-ring (bicyclic) bond motifs is 2. The van der Waals surface area contributed by atoms with Gasteiger partial charge in [-0.05, 0) is 40.6 Å². The van der Waals surface area contributed by atoms with Crippen molar-refractivity contribution in [1.82, 2.24) is 15.3 Å². The second-order valence-corrected chi connectivity index (χ2v) is 6.88. The highest BCUT2D eigenvalue weighted by Gasteiger charge is 2.46. The molecule has 9 heteroatoms. The van der Waals surface area contributed by atoms with Crippen molar-refractivity contribution in [3.8, 4) is 0 Å². The summed E-state index contributed by atoms with van der Waals surface area (Å²) in [7, 11) is 0. The van der Waals surface area contributed by atoms with Crippen molar-refractivity contribution in [2.24, 2.45) is 0 Å². The van der Waals surface area contributed by atoms with Crippen LogP contribution in [0.15, 0.2) is 24.5 Å². The van der Waals surface area contributed by atoms with Gasteiger partial charge in [-0.15, -0.1) is 0 Å². The lowest BCUT2D eigenvalue weighted by Gasteiger charge is -2.23. The lowest BCUT2D eigenvalue weighted by Crippen LogP contribution is -2.34. The Hall–Kier alpha value is -1.96. The van der Waals surface area contributed by atoms with Gasteiger partial charge in [0.2, 0.25) is 0 Å². The number of nitro groups is 1. The highest BCUT2D eigenvalue weighted by Crippen LogP contribution is 2.49. The second-order valence-electron chi connectivity index (χ2n) is 6.07. The van der Waals surface area contributed by atoms with Crippen LogP contribution in [0.2, 0.25) is 10.0 Å². The first kappa shape index (κ1) is 15.6. The van der Waals surface area contributed by atoms with Gasteiger partial charge in [0, 0.05) is 24.2 Å². The predicted molar refractivity (Wildman–Crippen MR) is 91.3 cm³/mol. The third-order valence-corrected chi connectivity index (χ3v) is 5.42. The minimum absolute atomic E-state index is 0.0625. The average Bonchev–Trinajstić information content (AvgIpc) is 3.15. The smallest absolute Gasteiger partial charge is 0.358 e. The number of nitrogens with one attached hydrogen (secondary N) is 1. The summed E-state index contributed by atoms with van der Waals surface area (Å²) >= 11 is 12.4. The van der Waals surface area contributed by atoms with Crippen LogP contribution in [0.3, 0.4) is 0 Å². The molecule has 3 heterocycles. The zero-order chi connectivity index (χ0) is 16.9. The van der Waals surface area contributed by atoms with Crippen LogP contribution < -0.4 is 10.2 Å². The Morgan fingerprint density at radius 3 is 2.67 bits per heavy atom. The molecule has 1 aromatic carbocycles. The number of hydrogen-bond donors (Lipinski definition) is 1. The molecule has 1 atom stereocenters. The molecule has 2 aromatic rings. The van der Waals surface area contributed by atoms with Crippen LogP contribution >= 0.6 is 23.2 Å². The summed E-state index contributed by atoms with van der Waals surface area (Å²) in [4.78, 5) is 20.3. The largest absolute Gasteiger partial charge is 0.382 e. The zero-order valence-corrected chi connectivity index (χ0v) is 14.0. The topological polar surface area (TPSA) is 84.2 Å². The van der Waals surface area contributed by atoms with Gasteiger partial charge in [0.05, 0.1) is 10.0 Å². The van der Waals surface area contributed by atoms with Crippen molar-refractivity contribution in [3.05, 3.63) is 50.2 Å². The van der Waals surface area contributed by atoms with Crippen LogP contribution in [0.4, 0.5) is 17.3 Å². The number of nitrogens with zero attached hydrogens (tertiary/aromatic N) is 4. The van der Waals surface area contributed by atoms with Crippen molar-refractivity contribution in [1.29, 1.82) is 0 Å². The van der Waals surface area contributed by atoms with Gasteiger partial charge in [0.1, 0.15) is 6.20 Å². The van der Waals surface area contributed by atoms with Crippen molar-refractivity contribution in [2.45, 2.75) is 11.8 Å². The monoisotopic (exact) mass is 365 g/mol. The molecule has 1 aromatic heterocycles. The lowest BCUT2D eigenvalue weighted by atomic mass is 9.82. The summed E-state index contributed by atoms with van der Waals surface area (Å²) in [5, 5.41) is 15.2. The third kappa shape index (κ3) is 2.31. The number of anilines is 2. The predicted octanol–water partition coefficient (Wildman–Crippen LogP) is 3.07. The van der Waals surface area contributed by atoms with Crippen LogP contribution in [0.25, 0.3) is 0 Å². The van der Waals surface area contributed by atoms with E-state index in [1.807, 2.05) is 17.0 Å². The molecule has 0 bridgehead atoms. The first-order valence-electron chi connectivity index (χ1n) is 7.44. The fourth-order valence-corrected chi connectivity index (χ4v) is 3.84. The molecule has 1 saturated heterocycles. The molecule has 0 radical (unpaired) electrons. The Balaban J connectivity index is 1.81. The normalized spacial score (nSPS) is 22.2. The molecule has 2 aliphatic heterocycles. The summed E-state index contributed by atoms with van der Waals surface area (Å²) in [5.74, 6) is 0.286. The molecule has 0 saturated carbocycles. The Kier molecular flexibility index (Phi) is 3.59. The summed E-state index contributed by atoms with van der Waals surface area (Å²) in [6.07, 6.45) is 3.57. The van der Waals surface area contributed by atoms with Crippen molar-refractivity contribution in [2.75, 3.05) is 24.5 Å². The first-order valence-corrected chi connectivity index (χ1v) is 8.20. The Morgan fingerprint density at radius 2 is 2.04 bits per heavy atom. The summed E-state index contributed by atoms with van der Waals surface area (Å²) in [6.45, 7) is 2.48. The van der Waals surface area contributed by atoms with Gasteiger partial charge in [-0.25, -0.2) is 4.98 Å². The van der Waals surface area contributed by atoms with Crippen LogP contribution in [-0.4, -0.2) is 34.5 Å². The summed E-state index contributed by atoms with van der Waals surface area (Å²) in [6, 6.07) is 3.75. The number of halogens is 2. The van der Waals surface area contributed by atoms with E-state index in [4.69, 9.17) is 23.2 Å². The third-order valence-electron chi connectivity index (χ3n) is 4.69. The molecule has 4 rings (SSSR count). The van der Waals surface area contributed by atoms with E-state index < -0.39 is 4.92 Å². The molecule has 1 fully saturated rings. The van der Waals surface area contributed by atoms with E-state index in [-0.39, 0.29) is 11.2 Å². The van der Waals surface area contributed by atoms with Crippen LogP contribution in [0, 0.1) is 10.1 Å². The maximum atomic E-state index is 10.8. The van der Waals surface area contributed by atoms with Gasteiger partial charge in [-0.2, -0.15) is 0 Å². The van der Waals surface area contributed by atoms with Gasteiger partial charge in [0.15, 0.2) is 12.0 Å². The molecule has 2 aliphatic rings. The van der Waals surface area contributed by atoms with Gasteiger partial charge >= 0.3 is 5.82 Å². The van der Waals surface area contributed by atoms with Crippen LogP contribution in [-0.2, 0) is 5.41 Å². The standard InChI is InChI=1S/C15H13Cl2N5O2/c16-10-3-9-12(4-11(10)17)21(8-15(9)1-2-18-7-15)13-5-20-14(6-19-13)22(23)24/h3-6,18H,1-2,7-8H2/t15-/m0/s1. The number of hydrogen-bond acceptors (Lipinski definition) is 6. The Labute approximate surface area is 147 Å². The molecule has 7 nitrogen and oxygen atoms in total. The van der Waals surface area contributed by atoms with E-state index in [0.717, 1.165) is 30.8 Å². The van der Waals surface area contributed by atoms with Crippen LogP contribution in [0.1, 0.15) is 12.0 Å². The molecule has 0 amide bonds. The molecule has 0 aliphatic carbocycles. The molecule has 124 valence electrons. The summed E-state index contributed by atoms with van der Waals surface area (Å²) in [5.41, 5.74) is 1.99. The first-order chi connectivity index (χ1) is 11.5. The minimum Gasteiger partial charge on any atom is -0.358 e. The van der Waals surface area contributed by atoms with Gasteiger partial charge in [-0.1, -0.05) is 23.2 Å². The number of aromatic nitrogens is 2. The van der Waals surface area contributed by atoms with Crippen molar-refractivity contribution >= 4 is 40.5 Å². The van der Waals surface area contributed by atoms with Crippen LogP contribution in [0.5, 0.6) is 0 Å². The van der Waals surface area contributed by atoms with Gasteiger partial charge in [-0.3, -0.25) is 0 Å². The quantitative estimate of drug-likeness (QED) is 0.650.